The van der Waals surface area contributed by atoms with E-state index in [0.717, 1.165) is 11.1 Å². The molecule has 28 heavy (non-hydrogen) atoms. The first-order valence-corrected chi connectivity index (χ1v) is 8.89. The predicted molar refractivity (Wildman–Crippen MR) is 104 cm³/mol. The molecule has 0 fully saturated rings. The summed E-state index contributed by atoms with van der Waals surface area (Å²) in [6, 6.07) is 17.7. The summed E-state index contributed by atoms with van der Waals surface area (Å²) in [6.45, 7) is 0.377. The second-order valence-electron chi connectivity index (χ2n) is 6.16. The highest BCUT2D eigenvalue weighted by atomic mass is 16.5. The lowest BCUT2D eigenvalue weighted by Gasteiger charge is -2.17. The van der Waals surface area contributed by atoms with Crippen LogP contribution in [0.15, 0.2) is 67.0 Å². The molecule has 0 aliphatic carbocycles. The van der Waals surface area contributed by atoms with Crippen molar-refractivity contribution in [1.82, 2.24) is 15.3 Å². The molecule has 0 saturated heterocycles. The van der Waals surface area contributed by atoms with E-state index in [1.807, 2.05) is 36.4 Å². The van der Waals surface area contributed by atoms with Crippen LogP contribution < -0.4 is 15.8 Å². The summed E-state index contributed by atoms with van der Waals surface area (Å²) in [5.74, 6) is 0.159. The van der Waals surface area contributed by atoms with Crippen LogP contribution in [0.5, 0.6) is 5.88 Å². The van der Waals surface area contributed by atoms with Crippen LogP contribution >= 0.6 is 0 Å². The Labute approximate surface area is 163 Å². The number of amides is 1. The first kappa shape index (κ1) is 19.5. The molecule has 1 amide bonds. The van der Waals surface area contributed by atoms with Gasteiger partial charge in [-0.05, 0) is 23.3 Å². The fourth-order valence-electron chi connectivity index (χ4n) is 2.69. The fraction of sp³-hybridized carbons (Fsp3) is 0.190. The topological polar surface area (TPSA) is 110 Å². The van der Waals surface area contributed by atoms with Gasteiger partial charge >= 0.3 is 0 Å². The summed E-state index contributed by atoms with van der Waals surface area (Å²) < 4.78 is 5.66. The third kappa shape index (κ3) is 5.12. The second kappa shape index (κ2) is 9.59. The summed E-state index contributed by atoms with van der Waals surface area (Å²) in [7, 11) is 0. The molecule has 0 aliphatic heterocycles. The number of aliphatic hydroxyl groups excluding tert-OH is 1. The van der Waals surface area contributed by atoms with Crippen LogP contribution in [-0.4, -0.2) is 27.6 Å². The summed E-state index contributed by atoms with van der Waals surface area (Å²) >= 11 is 0. The normalized spacial score (nSPS) is 11.6. The number of hydrogen-bond donors (Lipinski definition) is 3. The molecular formula is C21H22N4O3. The van der Waals surface area contributed by atoms with Gasteiger partial charge in [0.05, 0.1) is 18.3 Å². The Morgan fingerprint density at radius 3 is 2.68 bits per heavy atom. The van der Waals surface area contributed by atoms with E-state index < -0.39 is 6.04 Å². The molecule has 0 bridgehead atoms. The third-order valence-corrected chi connectivity index (χ3v) is 4.17. The zero-order valence-electron chi connectivity index (χ0n) is 15.3. The van der Waals surface area contributed by atoms with Crippen molar-refractivity contribution in [3.05, 3.63) is 89.4 Å². The van der Waals surface area contributed by atoms with E-state index in [0.29, 0.717) is 23.7 Å². The van der Waals surface area contributed by atoms with Gasteiger partial charge < -0.3 is 20.9 Å². The maximum absolute atomic E-state index is 12.6. The van der Waals surface area contributed by atoms with Gasteiger partial charge in [0.1, 0.15) is 12.9 Å². The Balaban J connectivity index is 1.65. The number of ether oxygens (including phenoxy) is 1. The van der Waals surface area contributed by atoms with Crippen molar-refractivity contribution in [3.8, 4) is 5.88 Å². The van der Waals surface area contributed by atoms with Crippen molar-refractivity contribution in [2.24, 2.45) is 5.73 Å². The summed E-state index contributed by atoms with van der Waals surface area (Å²) in [4.78, 5) is 20.7. The quantitative estimate of drug-likeness (QED) is 0.553. The van der Waals surface area contributed by atoms with Crippen LogP contribution in [0.1, 0.15) is 33.2 Å². The monoisotopic (exact) mass is 378 g/mol. The number of hydrogen-bond acceptors (Lipinski definition) is 6. The van der Waals surface area contributed by atoms with Gasteiger partial charge in [-0.15, -0.1) is 0 Å². The Morgan fingerprint density at radius 2 is 1.93 bits per heavy atom. The minimum absolute atomic E-state index is 0.185. The third-order valence-electron chi connectivity index (χ3n) is 4.17. The fourth-order valence-corrected chi connectivity index (χ4v) is 2.69. The minimum Gasteiger partial charge on any atom is -0.473 e. The lowest BCUT2D eigenvalue weighted by Crippen LogP contribution is -2.30. The number of carbonyl (C=O) groups is 1. The lowest BCUT2D eigenvalue weighted by atomic mass is 10.1. The average Bonchev–Trinajstić information content (AvgIpc) is 2.76. The van der Waals surface area contributed by atoms with Gasteiger partial charge in [0.2, 0.25) is 5.88 Å². The number of nitrogens with one attached hydrogen (secondary N) is 1. The standard InChI is InChI=1S/C21H22N4O3/c22-11-18-10-20(24-14-23-18)28-13-15-5-4-8-17(9-15)21(27)25-19(12-26)16-6-2-1-3-7-16/h1-10,14,19,26H,11-13,22H2,(H,25,27)/t19-/m0/s1. The largest absolute Gasteiger partial charge is 0.473 e. The molecule has 4 N–H and O–H groups in total. The van der Waals surface area contributed by atoms with Crippen LogP contribution in [0.4, 0.5) is 0 Å². The Bertz CT molecular complexity index is 918. The number of aromatic nitrogens is 2. The van der Waals surface area contributed by atoms with Crippen molar-refractivity contribution < 1.29 is 14.6 Å². The number of nitrogens with two attached hydrogens (primary N) is 1. The van der Waals surface area contributed by atoms with Gasteiger partial charge in [-0.25, -0.2) is 9.97 Å². The summed E-state index contributed by atoms with van der Waals surface area (Å²) in [5.41, 5.74) is 8.40. The van der Waals surface area contributed by atoms with Gasteiger partial charge in [-0.3, -0.25) is 4.79 Å². The highest BCUT2D eigenvalue weighted by Gasteiger charge is 2.15. The molecular weight excluding hydrogens is 356 g/mol. The molecule has 0 spiro atoms. The highest BCUT2D eigenvalue weighted by Crippen LogP contribution is 2.15. The second-order valence-corrected chi connectivity index (χ2v) is 6.16. The van der Waals surface area contributed by atoms with Crippen molar-refractivity contribution in [3.63, 3.8) is 0 Å². The van der Waals surface area contributed by atoms with Crippen LogP contribution in [0.2, 0.25) is 0 Å². The van der Waals surface area contributed by atoms with Gasteiger partial charge in [0.15, 0.2) is 0 Å². The molecule has 144 valence electrons. The molecule has 7 nitrogen and oxygen atoms in total. The molecule has 7 heteroatoms. The highest BCUT2D eigenvalue weighted by molar-refractivity contribution is 5.94. The zero-order chi connectivity index (χ0) is 19.8. The Morgan fingerprint density at radius 1 is 1.11 bits per heavy atom. The molecule has 2 aromatic carbocycles. The molecule has 3 aromatic rings. The van der Waals surface area contributed by atoms with Crippen LogP contribution in [0.25, 0.3) is 0 Å². The van der Waals surface area contributed by atoms with Crippen molar-refractivity contribution in [1.29, 1.82) is 0 Å². The minimum atomic E-state index is -0.468. The zero-order valence-corrected chi connectivity index (χ0v) is 15.3. The Kier molecular flexibility index (Phi) is 6.67. The molecule has 0 unspecified atom stereocenters. The van der Waals surface area contributed by atoms with Crippen molar-refractivity contribution in [2.45, 2.75) is 19.2 Å². The van der Waals surface area contributed by atoms with E-state index in [1.165, 1.54) is 6.33 Å². The van der Waals surface area contributed by atoms with Gasteiger partial charge in [0.25, 0.3) is 5.91 Å². The van der Waals surface area contributed by atoms with Crippen LogP contribution in [0, 0.1) is 0 Å². The van der Waals surface area contributed by atoms with Gasteiger partial charge in [-0.1, -0.05) is 42.5 Å². The predicted octanol–water partition coefficient (Wildman–Crippen LogP) is 1.98. The molecule has 0 saturated carbocycles. The number of nitrogens with zero attached hydrogens (tertiary/aromatic N) is 2. The molecule has 1 atom stereocenters. The van der Waals surface area contributed by atoms with Gasteiger partial charge in [-0.2, -0.15) is 0 Å². The van der Waals surface area contributed by atoms with E-state index in [4.69, 9.17) is 10.5 Å². The van der Waals surface area contributed by atoms with Crippen LogP contribution in [0.3, 0.4) is 0 Å². The first-order valence-electron chi connectivity index (χ1n) is 8.89. The van der Waals surface area contributed by atoms with E-state index in [2.05, 4.69) is 15.3 Å². The van der Waals surface area contributed by atoms with E-state index in [1.54, 1.807) is 24.3 Å². The maximum atomic E-state index is 12.6. The summed E-state index contributed by atoms with van der Waals surface area (Å²) in [6.07, 6.45) is 1.40. The number of carbonyl (C=O) groups excluding carboxylic acids is 1. The number of aliphatic hydroxyl groups is 1. The van der Waals surface area contributed by atoms with E-state index in [9.17, 15) is 9.90 Å². The van der Waals surface area contributed by atoms with E-state index >= 15 is 0 Å². The lowest BCUT2D eigenvalue weighted by molar-refractivity contribution is 0.0916. The molecule has 3 rings (SSSR count). The van der Waals surface area contributed by atoms with Gasteiger partial charge in [0, 0.05) is 18.2 Å². The summed E-state index contributed by atoms with van der Waals surface area (Å²) in [5, 5.41) is 12.5. The van der Waals surface area contributed by atoms with Crippen molar-refractivity contribution in [2.75, 3.05) is 6.61 Å². The van der Waals surface area contributed by atoms with Crippen LogP contribution in [-0.2, 0) is 13.2 Å². The molecule has 0 aliphatic rings. The van der Waals surface area contributed by atoms with E-state index in [-0.39, 0.29) is 19.1 Å². The first-order chi connectivity index (χ1) is 13.7. The SMILES string of the molecule is NCc1cc(OCc2cccc(C(=O)N[C@@H](CO)c3ccccc3)c2)ncn1. The smallest absolute Gasteiger partial charge is 0.251 e. The van der Waals surface area contributed by atoms with Crippen molar-refractivity contribution >= 4 is 5.91 Å². The Hall–Kier alpha value is -3.29. The number of benzene rings is 2. The maximum Gasteiger partial charge on any atom is 0.251 e. The molecule has 1 aromatic heterocycles. The number of rotatable bonds is 8. The average molecular weight is 378 g/mol. The molecule has 1 heterocycles. The molecule has 0 radical (unpaired) electrons.